The van der Waals surface area contributed by atoms with Crippen LogP contribution in [0.4, 0.5) is 0 Å². The molecule has 0 aliphatic heterocycles. The molecule has 0 heterocycles. The first-order valence-corrected chi connectivity index (χ1v) is 15.0. The summed E-state index contributed by atoms with van der Waals surface area (Å²) >= 11 is 0. The molecule has 2 aromatic rings. The normalized spacial score (nSPS) is 18.2. The molecule has 2 atom stereocenters. The van der Waals surface area contributed by atoms with E-state index >= 15 is 0 Å². The first-order valence-electron chi connectivity index (χ1n) is 15.0. The van der Waals surface area contributed by atoms with E-state index in [-0.39, 0.29) is 106 Å². The van der Waals surface area contributed by atoms with Crippen LogP contribution < -0.4 is 0 Å². The molecule has 2 aromatic carbocycles. The Kier molecular flexibility index (Phi) is 15.8. The van der Waals surface area contributed by atoms with E-state index in [0.717, 1.165) is 47.9 Å². The second kappa shape index (κ2) is 16.0. The number of aromatic hydroxyl groups is 2. The monoisotopic (exact) mass is 920 g/mol. The molecule has 0 spiro atoms. The van der Waals surface area contributed by atoms with Gasteiger partial charge in [0.2, 0.25) is 0 Å². The molecule has 1 fully saturated rings. The zero-order chi connectivity index (χ0) is 30.3. The maximum absolute atomic E-state index is 11.2. The Morgan fingerprint density at radius 1 is 0.558 bits per heavy atom. The molecule has 0 amide bonds. The number of aliphatic imine (C=N–C) groups is 2. The molecule has 4 nitrogen and oxygen atoms in total. The van der Waals surface area contributed by atoms with Crippen molar-refractivity contribution in [1.82, 2.24) is 0 Å². The van der Waals surface area contributed by atoms with Crippen molar-refractivity contribution in [3.05, 3.63) is 57.6 Å². The Hall–Kier alpha value is -0.361. The summed E-state index contributed by atoms with van der Waals surface area (Å²) in [5.41, 5.74) is 5.39. The van der Waals surface area contributed by atoms with Crippen LogP contribution in [-0.4, -0.2) is 58.6 Å². The van der Waals surface area contributed by atoms with Gasteiger partial charge in [0.05, 0.1) is 12.1 Å². The number of phenolic OH excluding ortho intramolecular Hbond substituents is 2. The van der Waals surface area contributed by atoms with Crippen LogP contribution in [0.2, 0.25) is 0 Å². The summed E-state index contributed by atoms with van der Waals surface area (Å²) < 4.78 is 0. The quantitative estimate of drug-likeness (QED) is 0.182. The van der Waals surface area contributed by atoms with Gasteiger partial charge < -0.3 is 10.2 Å². The Morgan fingerprint density at radius 3 is 1.12 bits per heavy atom. The maximum Gasteiger partial charge on any atom is 0.128 e. The summed E-state index contributed by atoms with van der Waals surface area (Å²) in [7, 11) is 0. The van der Waals surface area contributed by atoms with Gasteiger partial charge >= 0.3 is 0 Å². The second-order valence-electron chi connectivity index (χ2n) is 15.9. The van der Waals surface area contributed by atoms with Crippen LogP contribution in [-0.2, 0) is 21.7 Å². The molecule has 0 bridgehead atoms. The van der Waals surface area contributed by atoms with Gasteiger partial charge in [0.25, 0.3) is 0 Å². The zero-order valence-electron chi connectivity index (χ0n) is 28.5. The fraction of sp³-hybridized carbons (Fsp3) is 0.611. The van der Waals surface area contributed by atoms with Gasteiger partial charge in [-0.15, -0.1) is 0 Å². The molecule has 238 valence electrons. The summed E-state index contributed by atoms with van der Waals surface area (Å²) in [6, 6.07) is 8.53. The van der Waals surface area contributed by atoms with E-state index in [2.05, 4.69) is 107 Å². The molecular formula is C36H54I2N2O2Sn. The number of nitrogens with zero attached hydrogens (tertiary/aromatic N) is 2. The maximum atomic E-state index is 11.2. The average molecular weight is 919 g/mol. The zero-order valence-corrected chi connectivity index (χ0v) is 35.7. The Bertz CT molecular complexity index is 1180. The predicted octanol–water partition coefficient (Wildman–Crippen LogP) is 10.5. The fourth-order valence-electron chi connectivity index (χ4n) is 5.31. The van der Waals surface area contributed by atoms with Gasteiger partial charge in [0, 0.05) is 107 Å². The molecule has 0 saturated heterocycles. The van der Waals surface area contributed by atoms with E-state index < -0.39 is 0 Å². The third-order valence-electron chi connectivity index (χ3n) is 8.13. The molecule has 7 heteroatoms. The summed E-state index contributed by atoms with van der Waals surface area (Å²) in [6.45, 7) is 26.0. The van der Waals surface area contributed by atoms with Gasteiger partial charge in [-0.2, -0.15) is 0 Å². The van der Waals surface area contributed by atoms with Crippen molar-refractivity contribution in [3.8, 4) is 11.5 Å². The molecule has 1 aliphatic carbocycles. The molecule has 3 rings (SSSR count). The number of halogens is 2. The number of hydrogen-bond donors (Lipinski definition) is 2. The van der Waals surface area contributed by atoms with Gasteiger partial charge in [0.1, 0.15) is 11.5 Å². The Labute approximate surface area is 313 Å². The van der Waals surface area contributed by atoms with Gasteiger partial charge in [-0.1, -0.05) is 108 Å². The van der Waals surface area contributed by atoms with Crippen molar-refractivity contribution in [1.29, 1.82) is 0 Å². The summed E-state index contributed by atoms with van der Waals surface area (Å²) in [5, 5.41) is 22.5. The van der Waals surface area contributed by atoms with Crippen LogP contribution in [0.3, 0.4) is 0 Å². The summed E-state index contributed by atoms with van der Waals surface area (Å²) in [4.78, 5) is 10.1. The first-order chi connectivity index (χ1) is 18.2. The SMILES string of the molecule is CC(C)(C)c1cc(C=N[C@@H]2CCCC[C@H]2N=Cc2cc(C(C)(C)C)cc(C(C)(C)C)c2O)c(O)c(C(C)(C)C)c1.[I].[I].[Sn]. The van der Waals surface area contributed by atoms with Gasteiger partial charge in [-0.3, -0.25) is 9.98 Å². The minimum Gasteiger partial charge on any atom is -0.507 e. The molecular weight excluding hydrogens is 865 g/mol. The van der Waals surface area contributed by atoms with Crippen molar-refractivity contribution in [2.24, 2.45) is 9.98 Å². The van der Waals surface area contributed by atoms with E-state index in [1.165, 1.54) is 11.1 Å². The van der Waals surface area contributed by atoms with Crippen LogP contribution in [0, 0.1) is 0 Å². The van der Waals surface area contributed by atoms with Crippen LogP contribution >= 0.6 is 48.0 Å². The molecule has 1 aliphatic rings. The molecule has 1 saturated carbocycles. The molecule has 6 radical (unpaired) electrons. The van der Waals surface area contributed by atoms with Crippen molar-refractivity contribution < 1.29 is 10.2 Å². The summed E-state index contributed by atoms with van der Waals surface area (Å²) in [5.74, 6) is 0.637. The predicted molar refractivity (Wildman–Crippen MR) is 206 cm³/mol. The van der Waals surface area contributed by atoms with Crippen molar-refractivity contribution in [2.45, 2.75) is 143 Å². The third kappa shape index (κ3) is 11.1. The van der Waals surface area contributed by atoms with E-state index in [4.69, 9.17) is 9.98 Å². The Morgan fingerprint density at radius 2 is 0.860 bits per heavy atom. The van der Waals surface area contributed by atoms with Gasteiger partial charge in [-0.25, -0.2) is 0 Å². The number of hydrogen-bond acceptors (Lipinski definition) is 4. The molecule has 2 N–H and O–H groups in total. The molecule has 0 aromatic heterocycles. The molecule has 43 heavy (non-hydrogen) atoms. The average Bonchev–Trinajstić information content (AvgIpc) is 2.80. The minimum atomic E-state index is -0.179. The van der Waals surface area contributed by atoms with Crippen LogP contribution in [0.1, 0.15) is 142 Å². The number of phenols is 2. The standard InChI is InChI=1S/C36H54N2O2.2I.Sn/c1-33(2,3)25-17-23(31(39)27(19-25)35(7,8)9)21-37-29-15-13-14-16-30(29)38-22-24-18-26(34(4,5)6)20-28(32(24)40)36(10,11)12;;;/h17-22,29-30,39-40H,13-16H2,1-12H3;;;/t29-,30-;;;/m1.../s1. The van der Waals surface area contributed by atoms with Gasteiger partial charge in [-0.05, 0) is 57.8 Å². The minimum absolute atomic E-state index is 0. The van der Waals surface area contributed by atoms with Crippen LogP contribution in [0.25, 0.3) is 0 Å². The fourth-order valence-corrected chi connectivity index (χ4v) is 5.31. The van der Waals surface area contributed by atoms with Crippen molar-refractivity contribution in [2.75, 3.05) is 0 Å². The van der Waals surface area contributed by atoms with E-state index in [1.54, 1.807) is 0 Å². The third-order valence-corrected chi connectivity index (χ3v) is 8.13. The van der Waals surface area contributed by atoms with E-state index in [0.29, 0.717) is 11.5 Å². The first kappa shape index (κ1) is 42.6. The molecule has 0 unspecified atom stereocenters. The Balaban J connectivity index is 0.00000588. The topological polar surface area (TPSA) is 65.2 Å². The van der Waals surface area contributed by atoms with Crippen molar-refractivity contribution in [3.63, 3.8) is 0 Å². The van der Waals surface area contributed by atoms with Crippen LogP contribution in [0.15, 0.2) is 34.3 Å². The second-order valence-corrected chi connectivity index (χ2v) is 15.9. The van der Waals surface area contributed by atoms with Crippen molar-refractivity contribution >= 4 is 84.3 Å². The largest absolute Gasteiger partial charge is 0.507 e. The van der Waals surface area contributed by atoms with E-state index in [9.17, 15) is 10.2 Å². The summed E-state index contributed by atoms with van der Waals surface area (Å²) in [6.07, 6.45) is 7.90. The van der Waals surface area contributed by atoms with Crippen LogP contribution in [0.5, 0.6) is 11.5 Å². The number of benzene rings is 2. The smallest absolute Gasteiger partial charge is 0.128 e. The van der Waals surface area contributed by atoms with E-state index in [1.807, 2.05) is 12.4 Å². The number of rotatable bonds is 4. The van der Waals surface area contributed by atoms with Gasteiger partial charge in [0.15, 0.2) is 0 Å².